The molecule has 0 aromatic carbocycles. The number of carbonyl (C=O) groups is 2. The highest BCUT2D eigenvalue weighted by Crippen LogP contribution is 2.25. The third kappa shape index (κ3) is 3.02. The molecule has 1 unspecified atom stereocenters. The van der Waals surface area contributed by atoms with Crippen LogP contribution in [0.2, 0.25) is 0 Å². The molecule has 2 heterocycles. The van der Waals surface area contributed by atoms with Crippen molar-refractivity contribution in [3.63, 3.8) is 0 Å². The molecule has 0 aromatic rings. The van der Waals surface area contributed by atoms with Crippen LogP contribution in [-0.2, 0) is 9.59 Å². The van der Waals surface area contributed by atoms with Gasteiger partial charge in [0.25, 0.3) is 0 Å². The molecule has 2 rings (SSSR count). The number of likely N-dealkylation sites (tertiary alicyclic amines) is 1. The zero-order valence-electron chi connectivity index (χ0n) is 11.1. The fraction of sp³-hybridized carbons (Fsp3) is 0.846. The predicted molar refractivity (Wildman–Crippen MR) is 69.0 cm³/mol. The van der Waals surface area contributed by atoms with Gasteiger partial charge in [0.05, 0.1) is 12.0 Å². The summed E-state index contributed by atoms with van der Waals surface area (Å²) in [7, 11) is 0. The second-order valence-electron chi connectivity index (χ2n) is 5.61. The molecular weight excluding hydrogens is 230 g/mol. The first kappa shape index (κ1) is 13.3. The lowest BCUT2D eigenvalue weighted by Gasteiger charge is -2.32. The minimum Gasteiger partial charge on any atom is -0.347 e. The summed E-state index contributed by atoms with van der Waals surface area (Å²) in [4.78, 5) is 25.8. The fourth-order valence-electron chi connectivity index (χ4n) is 2.70. The smallest absolute Gasteiger partial charge is 0.241 e. The van der Waals surface area contributed by atoms with Gasteiger partial charge in [-0.3, -0.25) is 9.59 Å². The summed E-state index contributed by atoms with van der Waals surface area (Å²) >= 11 is 0. The van der Waals surface area contributed by atoms with Gasteiger partial charge in [0.2, 0.25) is 11.8 Å². The molecule has 2 fully saturated rings. The molecule has 2 N–H and O–H groups in total. The van der Waals surface area contributed by atoms with Gasteiger partial charge in [-0.25, -0.2) is 0 Å². The van der Waals surface area contributed by atoms with Gasteiger partial charge in [0.15, 0.2) is 0 Å². The lowest BCUT2D eigenvalue weighted by atomic mass is 9.82. The third-order valence-corrected chi connectivity index (χ3v) is 4.00. The first-order valence-corrected chi connectivity index (χ1v) is 6.89. The van der Waals surface area contributed by atoms with Crippen molar-refractivity contribution in [1.29, 1.82) is 0 Å². The number of nitrogens with zero attached hydrogens (tertiary/aromatic N) is 1. The number of amides is 2. The first-order chi connectivity index (χ1) is 8.62. The SMILES string of the molecule is CC1(C(=O)NCC(=O)N2CCCC2)CCCNC1. The van der Waals surface area contributed by atoms with Crippen molar-refractivity contribution < 1.29 is 9.59 Å². The Morgan fingerprint density at radius 2 is 2.00 bits per heavy atom. The predicted octanol–water partition coefficient (Wildman–Crippen LogP) is 0.115. The molecule has 2 saturated heterocycles. The highest BCUT2D eigenvalue weighted by Gasteiger charge is 2.34. The van der Waals surface area contributed by atoms with Crippen molar-refractivity contribution in [2.75, 3.05) is 32.7 Å². The van der Waals surface area contributed by atoms with Crippen LogP contribution >= 0.6 is 0 Å². The molecule has 0 aromatic heterocycles. The molecule has 2 aliphatic rings. The van der Waals surface area contributed by atoms with Crippen molar-refractivity contribution in [2.45, 2.75) is 32.6 Å². The second-order valence-corrected chi connectivity index (χ2v) is 5.61. The van der Waals surface area contributed by atoms with Gasteiger partial charge in [-0.05, 0) is 39.2 Å². The van der Waals surface area contributed by atoms with Crippen LogP contribution in [0.1, 0.15) is 32.6 Å². The van der Waals surface area contributed by atoms with Gasteiger partial charge in [0, 0.05) is 19.6 Å². The number of nitrogens with one attached hydrogen (secondary N) is 2. The minimum atomic E-state index is -0.358. The van der Waals surface area contributed by atoms with Gasteiger partial charge in [-0.15, -0.1) is 0 Å². The van der Waals surface area contributed by atoms with Gasteiger partial charge in [0.1, 0.15) is 0 Å². The van der Waals surface area contributed by atoms with Crippen molar-refractivity contribution in [3.05, 3.63) is 0 Å². The molecule has 0 saturated carbocycles. The highest BCUT2D eigenvalue weighted by atomic mass is 16.2. The van der Waals surface area contributed by atoms with Crippen LogP contribution in [0.3, 0.4) is 0 Å². The lowest BCUT2D eigenvalue weighted by Crippen LogP contribution is -2.50. The molecule has 5 nitrogen and oxygen atoms in total. The lowest BCUT2D eigenvalue weighted by molar-refractivity contribution is -0.136. The van der Waals surface area contributed by atoms with Gasteiger partial charge < -0.3 is 15.5 Å². The molecule has 2 aliphatic heterocycles. The average Bonchev–Trinajstić information content (AvgIpc) is 2.90. The molecule has 0 bridgehead atoms. The topological polar surface area (TPSA) is 61.4 Å². The van der Waals surface area contributed by atoms with Crippen LogP contribution in [0.15, 0.2) is 0 Å². The van der Waals surface area contributed by atoms with Crippen LogP contribution in [0, 0.1) is 5.41 Å². The quantitative estimate of drug-likeness (QED) is 0.751. The van der Waals surface area contributed by atoms with Crippen molar-refractivity contribution in [2.24, 2.45) is 5.41 Å². The van der Waals surface area contributed by atoms with Gasteiger partial charge >= 0.3 is 0 Å². The molecule has 0 spiro atoms. The molecule has 2 amide bonds. The summed E-state index contributed by atoms with van der Waals surface area (Å²) in [5.74, 6) is 0.0514. The maximum atomic E-state index is 12.1. The van der Waals surface area contributed by atoms with Crippen molar-refractivity contribution >= 4 is 11.8 Å². The molecule has 102 valence electrons. The largest absolute Gasteiger partial charge is 0.347 e. The molecule has 5 heteroatoms. The first-order valence-electron chi connectivity index (χ1n) is 6.89. The fourth-order valence-corrected chi connectivity index (χ4v) is 2.70. The average molecular weight is 253 g/mol. The Morgan fingerprint density at radius 3 is 2.61 bits per heavy atom. The summed E-state index contributed by atoms with van der Waals surface area (Å²) in [6.07, 6.45) is 4.08. The van der Waals surface area contributed by atoms with Crippen LogP contribution in [0.5, 0.6) is 0 Å². The summed E-state index contributed by atoms with van der Waals surface area (Å²) in [5, 5.41) is 6.04. The molecule has 1 atom stereocenters. The number of piperidine rings is 1. The van der Waals surface area contributed by atoms with E-state index >= 15 is 0 Å². The number of hydrogen-bond acceptors (Lipinski definition) is 3. The van der Waals surface area contributed by atoms with E-state index in [0.717, 1.165) is 45.3 Å². The summed E-state index contributed by atoms with van der Waals surface area (Å²) in [5.41, 5.74) is -0.358. The van der Waals surface area contributed by atoms with E-state index in [-0.39, 0.29) is 23.8 Å². The van der Waals surface area contributed by atoms with Crippen LogP contribution in [0.4, 0.5) is 0 Å². The Balaban J connectivity index is 1.78. The van der Waals surface area contributed by atoms with E-state index in [1.54, 1.807) is 0 Å². The Morgan fingerprint density at radius 1 is 1.28 bits per heavy atom. The normalized spacial score (nSPS) is 28.2. The zero-order valence-corrected chi connectivity index (χ0v) is 11.1. The highest BCUT2D eigenvalue weighted by molar-refractivity contribution is 5.88. The van der Waals surface area contributed by atoms with E-state index < -0.39 is 0 Å². The maximum Gasteiger partial charge on any atom is 0.241 e. The summed E-state index contributed by atoms with van der Waals surface area (Å²) < 4.78 is 0. The van der Waals surface area contributed by atoms with Crippen molar-refractivity contribution in [1.82, 2.24) is 15.5 Å². The number of hydrogen-bond donors (Lipinski definition) is 2. The van der Waals surface area contributed by atoms with Crippen LogP contribution < -0.4 is 10.6 Å². The zero-order chi connectivity index (χ0) is 13.0. The molecule has 0 aliphatic carbocycles. The third-order valence-electron chi connectivity index (χ3n) is 4.00. The number of carbonyl (C=O) groups excluding carboxylic acids is 2. The van der Waals surface area contributed by atoms with Gasteiger partial charge in [-0.1, -0.05) is 0 Å². The maximum absolute atomic E-state index is 12.1. The minimum absolute atomic E-state index is 0.00208. The van der Waals surface area contributed by atoms with E-state index in [0.29, 0.717) is 6.54 Å². The molecule has 0 radical (unpaired) electrons. The number of rotatable bonds is 3. The summed E-state index contributed by atoms with van der Waals surface area (Å²) in [6, 6.07) is 0. The van der Waals surface area contributed by atoms with E-state index in [4.69, 9.17) is 0 Å². The van der Waals surface area contributed by atoms with Crippen LogP contribution in [0.25, 0.3) is 0 Å². The molecular formula is C13H23N3O2. The Labute approximate surface area is 108 Å². The van der Waals surface area contributed by atoms with Gasteiger partial charge in [-0.2, -0.15) is 0 Å². The van der Waals surface area contributed by atoms with E-state index in [1.807, 2.05) is 11.8 Å². The molecule has 18 heavy (non-hydrogen) atoms. The second kappa shape index (κ2) is 5.69. The Hall–Kier alpha value is -1.10. The van der Waals surface area contributed by atoms with E-state index in [2.05, 4.69) is 10.6 Å². The summed E-state index contributed by atoms with van der Waals surface area (Å²) in [6.45, 7) is 5.48. The van der Waals surface area contributed by atoms with E-state index in [1.165, 1.54) is 0 Å². The Kier molecular flexibility index (Phi) is 4.22. The monoisotopic (exact) mass is 253 g/mol. The van der Waals surface area contributed by atoms with E-state index in [9.17, 15) is 9.59 Å². The standard InChI is InChI=1S/C13H23N3O2/c1-13(5-4-6-14-10-13)12(18)15-9-11(17)16-7-2-3-8-16/h14H,2-10H2,1H3,(H,15,18). The van der Waals surface area contributed by atoms with Crippen molar-refractivity contribution in [3.8, 4) is 0 Å². The van der Waals surface area contributed by atoms with Crippen LogP contribution in [-0.4, -0.2) is 49.4 Å². The Bertz CT molecular complexity index is 318.